The van der Waals surface area contributed by atoms with Crippen LogP contribution in [0, 0.1) is 0 Å². The summed E-state index contributed by atoms with van der Waals surface area (Å²) in [6, 6.07) is 8.95. The summed E-state index contributed by atoms with van der Waals surface area (Å²) in [6.45, 7) is 11.9. The van der Waals surface area contributed by atoms with Gasteiger partial charge in [-0.05, 0) is 48.0 Å². The second-order valence-electron chi connectivity index (χ2n) is 8.97. The molecule has 0 fully saturated rings. The number of nitrogens with one attached hydrogen (secondary N) is 1. The van der Waals surface area contributed by atoms with Gasteiger partial charge in [-0.25, -0.2) is 15.0 Å². The zero-order chi connectivity index (χ0) is 22.7. The van der Waals surface area contributed by atoms with Crippen molar-refractivity contribution in [3.63, 3.8) is 0 Å². The zero-order valence-corrected chi connectivity index (χ0v) is 18.6. The van der Waals surface area contributed by atoms with Crippen LogP contribution in [0.5, 0.6) is 0 Å². The summed E-state index contributed by atoms with van der Waals surface area (Å²) in [5.74, 6) is 0. The molecule has 0 aliphatic carbocycles. The largest absolute Gasteiger partial charge is 0.443 e. The molecule has 1 aliphatic heterocycles. The predicted octanol–water partition coefficient (Wildman–Crippen LogP) is 3.56. The van der Waals surface area contributed by atoms with Gasteiger partial charge < -0.3 is 19.4 Å². The van der Waals surface area contributed by atoms with Crippen LogP contribution in [0.2, 0.25) is 0 Å². The van der Waals surface area contributed by atoms with Crippen molar-refractivity contribution in [2.75, 3.05) is 0 Å². The minimum atomic E-state index is -1.54. The molecule has 2 rings (SSSR count). The highest BCUT2D eigenvalue weighted by Crippen LogP contribution is 2.35. The molecule has 0 aromatic heterocycles. The molecule has 0 radical (unpaired) electrons. The van der Waals surface area contributed by atoms with Gasteiger partial charge >= 0.3 is 12.2 Å². The van der Waals surface area contributed by atoms with Crippen molar-refractivity contribution >= 4 is 17.9 Å². The molecule has 0 saturated carbocycles. The molecule has 2 amide bonds. The molecule has 9 nitrogen and oxygen atoms in total. The summed E-state index contributed by atoms with van der Waals surface area (Å²) in [6.07, 6.45) is -3.15. The number of carbonyl (C=O) groups excluding carboxylic acids is 2. The van der Waals surface area contributed by atoms with Crippen LogP contribution in [-0.2, 0) is 14.3 Å². The number of oxime groups is 1. The van der Waals surface area contributed by atoms with E-state index in [2.05, 4.69) is 10.6 Å². The molecule has 30 heavy (non-hydrogen) atoms. The first-order chi connectivity index (χ1) is 13.8. The van der Waals surface area contributed by atoms with Crippen molar-refractivity contribution in [1.29, 1.82) is 0 Å². The van der Waals surface area contributed by atoms with Crippen molar-refractivity contribution in [3.8, 4) is 0 Å². The first kappa shape index (κ1) is 23.5. The Labute approximate surface area is 176 Å². The first-order valence-corrected chi connectivity index (χ1v) is 9.81. The molecule has 0 bridgehead atoms. The number of aliphatic hydroxyl groups excluding tert-OH is 1. The number of benzene rings is 1. The monoisotopic (exact) mass is 421 g/mol. The highest BCUT2D eigenvalue weighted by atomic mass is 16.7. The molecule has 1 aliphatic rings. The molecule has 2 atom stereocenters. The molecule has 1 aromatic rings. The van der Waals surface area contributed by atoms with Crippen LogP contribution in [-0.4, -0.2) is 51.0 Å². The number of hydrogen-bond donors (Lipinski definition) is 2. The number of carbonyl (C=O) groups is 2. The van der Waals surface area contributed by atoms with Gasteiger partial charge in [0.15, 0.2) is 5.54 Å². The summed E-state index contributed by atoms with van der Waals surface area (Å²) in [7, 11) is 0. The Balaban J connectivity index is 2.53. The molecule has 1 aromatic carbocycles. The lowest BCUT2D eigenvalue weighted by Gasteiger charge is -2.41. The van der Waals surface area contributed by atoms with E-state index < -0.39 is 35.2 Å². The average molecular weight is 421 g/mol. The van der Waals surface area contributed by atoms with Gasteiger partial charge in [-0.15, -0.1) is 0 Å². The highest BCUT2D eigenvalue weighted by molar-refractivity contribution is 6.09. The number of amides is 2. The van der Waals surface area contributed by atoms with Crippen LogP contribution in [0.1, 0.15) is 60.5 Å². The van der Waals surface area contributed by atoms with Crippen LogP contribution in [0.4, 0.5) is 9.59 Å². The van der Waals surface area contributed by atoms with E-state index in [1.165, 1.54) is 0 Å². The normalized spacial score (nSPS) is 21.3. The Morgan fingerprint density at radius 3 is 2.20 bits per heavy atom. The molecule has 0 spiro atoms. The van der Waals surface area contributed by atoms with Crippen molar-refractivity contribution in [3.05, 3.63) is 35.9 Å². The minimum Gasteiger partial charge on any atom is -0.443 e. The second-order valence-corrected chi connectivity index (χ2v) is 8.97. The van der Waals surface area contributed by atoms with E-state index in [4.69, 9.17) is 14.3 Å². The van der Waals surface area contributed by atoms with Gasteiger partial charge in [0.05, 0.1) is 0 Å². The lowest BCUT2D eigenvalue weighted by molar-refractivity contribution is -0.149. The summed E-state index contributed by atoms with van der Waals surface area (Å²) in [5, 5.41) is 15.7. The van der Waals surface area contributed by atoms with Crippen molar-refractivity contribution in [1.82, 2.24) is 10.4 Å². The smallest absolute Gasteiger partial charge is 0.430 e. The Hall–Kier alpha value is -2.81. The Morgan fingerprint density at radius 2 is 1.70 bits per heavy atom. The topological polar surface area (TPSA) is 110 Å². The van der Waals surface area contributed by atoms with E-state index in [-0.39, 0.29) is 12.1 Å². The van der Waals surface area contributed by atoms with E-state index in [0.717, 1.165) is 5.01 Å². The third-order valence-electron chi connectivity index (χ3n) is 4.23. The van der Waals surface area contributed by atoms with Crippen molar-refractivity contribution in [2.24, 2.45) is 5.16 Å². The lowest BCUT2D eigenvalue weighted by atomic mass is 9.85. The summed E-state index contributed by atoms with van der Waals surface area (Å²) in [5.41, 5.74) is 0.140. The van der Waals surface area contributed by atoms with E-state index in [1.54, 1.807) is 72.7 Å². The van der Waals surface area contributed by atoms with Gasteiger partial charge in [0.1, 0.15) is 16.9 Å². The number of ether oxygens (including phenoxy) is 2. The fourth-order valence-corrected chi connectivity index (χ4v) is 3.01. The molecular weight excluding hydrogens is 390 g/mol. The van der Waals surface area contributed by atoms with Crippen LogP contribution in [0.15, 0.2) is 35.5 Å². The number of hydrogen-bond acceptors (Lipinski definition) is 7. The summed E-state index contributed by atoms with van der Waals surface area (Å²) < 4.78 is 10.8. The average Bonchev–Trinajstić information content (AvgIpc) is 2.94. The number of hydrazine groups is 1. The Bertz CT molecular complexity index is 797. The second kappa shape index (κ2) is 8.51. The van der Waals surface area contributed by atoms with Gasteiger partial charge in [0, 0.05) is 5.56 Å². The maximum Gasteiger partial charge on any atom is 0.430 e. The molecular formula is C21H31N3O6. The zero-order valence-electron chi connectivity index (χ0n) is 18.6. The predicted molar refractivity (Wildman–Crippen MR) is 111 cm³/mol. The van der Waals surface area contributed by atoms with Gasteiger partial charge in [0.2, 0.25) is 0 Å². The quantitative estimate of drug-likeness (QED) is 0.722. The van der Waals surface area contributed by atoms with Crippen LogP contribution in [0.25, 0.3) is 0 Å². The number of aliphatic hydroxyl groups is 1. The molecule has 1 heterocycles. The van der Waals surface area contributed by atoms with E-state index in [9.17, 15) is 14.7 Å². The number of rotatable bonds is 3. The van der Waals surface area contributed by atoms with Gasteiger partial charge in [-0.2, -0.15) is 5.01 Å². The van der Waals surface area contributed by atoms with Crippen LogP contribution >= 0.6 is 0 Å². The van der Waals surface area contributed by atoms with Crippen LogP contribution in [0.3, 0.4) is 0 Å². The first-order valence-electron chi connectivity index (χ1n) is 9.81. The molecule has 2 N–H and O–H groups in total. The van der Waals surface area contributed by atoms with Gasteiger partial charge in [-0.1, -0.05) is 42.4 Å². The SMILES string of the molecule is CCC1(N(NC(=O)OC(C)(C)C)C(=O)OC(C)(C)C)C(c2ccccc2)=NOC1O. The third-order valence-corrected chi connectivity index (χ3v) is 4.23. The molecule has 166 valence electrons. The third kappa shape index (κ3) is 5.21. The lowest BCUT2D eigenvalue weighted by Crippen LogP contribution is -2.68. The van der Waals surface area contributed by atoms with E-state index in [1.807, 2.05) is 6.07 Å². The minimum absolute atomic E-state index is 0.164. The standard InChI is InChI=1S/C21H31N3O6/c1-8-21(15(23-30-16(21)25)14-12-10-9-11-13-14)24(18(27)29-20(5,6)7)22-17(26)28-19(2,3)4/h9-13,16,25H,8H2,1-7H3,(H,22,26). The molecule has 2 unspecified atom stereocenters. The van der Waals surface area contributed by atoms with Crippen molar-refractivity contribution in [2.45, 2.75) is 77.9 Å². The maximum atomic E-state index is 13.1. The molecule has 9 heteroatoms. The molecule has 0 saturated heterocycles. The van der Waals surface area contributed by atoms with Crippen molar-refractivity contribution < 1.29 is 29.0 Å². The summed E-state index contributed by atoms with van der Waals surface area (Å²) in [4.78, 5) is 30.9. The summed E-state index contributed by atoms with van der Waals surface area (Å²) >= 11 is 0. The fraction of sp³-hybridized carbons (Fsp3) is 0.571. The Morgan fingerprint density at radius 1 is 1.13 bits per heavy atom. The number of nitrogens with zero attached hydrogens (tertiary/aromatic N) is 2. The highest BCUT2D eigenvalue weighted by Gasteiger charge is 2.57. The van der Waals surface area contributed by atoms with Gasteiger partial charge in [-0.3, -0.25) is 0 Å². The van der Waals surface area contributed by atoms with Gasteiger partial charge in [0.25, 0.3) is 6.29 Å². The van der Waals surface area contributed by atoms with E-state index >= 15 is 0 Å². The van der Waals surface area contributed by atoms with Crippen LogP contribution < -0.4 is 5.43 Å². The van der Waals surface area contributed by atoms with E-state index in [0.29, 0.717) is 5.56 Å². The Kier molecular flexibility index (Phi) is 6.66. The fourth-order valence-electron chi connectivity index (χ4n) is 3.01. The maximum absolute atomic E-state index is 13.1.